The Hall–Kier alpha value is -1.64. The first-order chi connectivity index (χ1) is 9.50. The van der Waals surface area contributed by atoms with Crippen LogP contribution in [0, 0.1) is 5.92 Å². The number of ketones is 2. The standard InChI is InChI=1S/C17H24O3/c1-13(18)17(14(2)19)8-6-4-3-5-7-15-9-11-16(20)12-10-15/h9-12,17,20H,3-8H2,1-2H3. The van der Waals surface area contributed by atoms with Crippen molar-refractivity contribution in [3.05, 3.63) is 29.8 Å². The highest BCUT2D eigenvalue weighted by Gasteiger charge is 2.18. The summed E-state index contributed by atoms with van der Waals surface area (Å²) in [5, 5.41) is 9.18. The first kappa shape index (κ1) is 16.4. The fourth-order valence-corrected chi connectivity index (χ4v) is 2.39. The number of hydrogen-bond acceptors (Lipinski definition) is 3. The Kier molecular flexibility index (Phi) is 6.99. The van der Waals surface area contributed by atoms with Crippen molar-refractivity contribution in [2.75, 3.05) is 0 Å². The number of unbranched alkanes of at least 4 members (excludes halogenated alkanes) is 3. The molecule has 1 aromatic carbocycles. The van der Waals surface area contributed by atoms with E-state index in [1.165, 1.54) is 19.4 Å². The average molecular weight is 276 g/mol. The second kappa shape index (κ2) is 8.51. The zero-order chi connectivity index (χ0) is 15.0. The van der Waals surface area contributed by atoms with Gasteiger partial charge >= 0.3 is 0 Å². The fourth-order valence-electron chi connectivity index (χ4n) is 2.39. The number of aromatic hydroxyl groups is 1. The van der Waals surface area contributed by atoms with E-state index in [-0.39, 0.29) is 11.6 Å². The molecular weight excluding hydrogens is 252 g/mol. The summed E-state index contributed by atoms with van der Waals surface area (Å²) in [5.41, 5.74) is 1.23. The van der Waals surface area contributed by atoms with Gasteiger partial charge in [-0.2, -0.15) is 0 Å². The van der Waals surface area contributed by atoms with Crippen LogP contribution in [0.2, 0.25) is 0 Å². The quantitative estimate of drug-likeness (QED) is 0.553. The van der Waals surface area contributed by atoms with E-state index < -0.39 is 5.92 Å². The zero-order valence-electron chi connectivity index (χ0n) is 12.4. The first-order valence-corrected chi connectivity index (χ1v) is 7.29. The van der Waals surface area contributed by atoms with Crippen LogP contribution in [0.3, 0.4) is 0 Å². The van der Waals surface area contributed by atoms with E-state index in [1.807, 2.05) is 12.1 Å². The first-order valence-electron chi connectivity index (χ1n) is 7.29. The third-order valence-electron chi connectivity index (χ3n) is 3.63. The maximum absolute atomic E-state index is 11.3. The molecule has 0 bridgehead atoms. The normalized spacial score (nSPS) is 10.8. The molecule has 0 saturated heterocycles. The van der Waals surface area contributed by atoms with Gasteiger partial charge in [0.2, 0.25) is 0 Å². The largest absolute Gasteiger partial charge is 0.508 e. The van der Waals surface area contributed by atoms with Crippen LogP contribution in [0.1, 0.15) is 51.5 Å². The van der Waals surface area contributed by atoms with Crippen molar-refractivity contribution in [3.8, 4) is 5.75 Å². The number of phenolic OH excluding ortho intramolecular Hbond substituents is 1. The molecule has 0 aromatic heterocycles. The Morgan fingerprint density at radius 1 is 0.950 bits per heavy atom. The minimum atomic E-state index is -0.396. The van der Waals surface area contributed by atoms with Gasteiger partial charge in [0.05, 0.1) is 5.92 Å². The summed E-state index contributed by atoms with van der Waals surface area (Å²) in [6, 6.07) is 7.30. The summed E-state index contributed by atoms with van der Waals surface area (Å²) in [6.45, 7) is 2.99. The third-order valence-corrected chi connectivity index (χ3v) is 3.63. The molecule has 3 heteroatoms. The lowest BCUT2D eigenvalue weighted by molar-refractivity contribution is -0.130. The van der Waals surface area contributed by atoms with Crippen molar-refractivity contribution < 1.29 is 14.7 Å². The lowest BCUT2D eigenvalue weighted by atomic mass is 9.93. The molecule has 1 N–H and O–H groups in total. The van der Waals surface area contributed by atoms with E-state index in [0.717, 1.165) is 32.1 Å². The molecule has 110 valence electrons. The van der Waals surface area contributed by atoms with Crippen molar-refractivity contribution in [2.24, 2.45) is 5.92 Å². The van der Waals surface area contributed by atoms with Crippen LogP contribution in [0.15, 0.2) is 24.3 Å². The molecule has 0 aliphatic heterocycles. The van der Waals surface area contributed by atoms with Crippen LogP contribution in [0.25, 0.3) is 0 Å². The van der Waals surface area contributed by atoms with Crippen LogP contribution in [-0.2, 0) is 16.0 Å². The maximum Gasteiger partial charge on any atom is 0.140 e. The van der Waals surface area contributed by atoms with Crippen LogP contribution < -0.4 is 0 Å². The second-order valence-electron chi connectivity index (χ2n) is 5.39. The number of Topliss-reactive ketones (excluding diaryl/α,β-unsaturated/α-hetero) is 2. The van der Waals surface area contributed by atoms with Crippen molar-refractivity contribution in [1.82, 2.24) is 0 Å². The topological polar surface area (TPSA) is 54.4 Å². The number of benzene rings is 1. The van der Waals surface area contributed by atoms with Crippen LogP contribution in [0.4, 0.5) is 0 Å². The Morgan fingerprint density at radius 2 is 1.50 bits per heavy atom. The van der Waals surface area contributed by atoms with Gasteiger partial charge in [0.1, 0.15) is 17.3 Å². The number of carbonyl (C=O) groups is 2. The molecule has 0 unspecified atom stereocenters. The van der Waals surface area contributed by atoms with E-state index in [1.54, 1.807) is 12.1 Å². The van der Waals surface area contributed by atoms with Crippen LogP contribution in [0.5, 0.6) is 5.75 Å². The molecule has 20 heavy (non-hydrogen) atoms. The fraction of sp³-hybridized carbons (Fsp3) is 0.529. The molecule has 0 aliphatic rings. The van der Waals surface area contributed by atoms with Crippen molar-refractivity contribution in [2.45, 2.75) is 52.4 Å². The Labute approximate surface area is 121 Å². The van der Waals surface area contributed by atoms with Gasteiger partial charge in [0.25, 0.3) is 0 Å². The molecule has 0 aliphatic carbocycles. The molecular formula is C17H24O3. The average Bonchev–Trinajstić information content (AvgIpc) is 2.39. The van der Waals surface area contributed by atoms with Gasteiger partial charge < -0.3 is 5.11 Å². The van der Waals surface area contributed by atoms with E-state index in [2.05, 4.69) is 0 Å². The van der Waals surface area contributed by atoms with Crippen LogP contribution in [-0.4, -0.2) is 16.7 Å². The van der Waals surface area contributed by atoms with Gasteiger partial charge in [-0.3, -0.25) is 9.59 Å². The third kappa shape index (κ3) is 6.00. The van der Waals surface area contributed by atoms with Crippen molar-refractivity contribution >= 4 is 11.6 Å². The smallest absolute Gasteiger partial charge is 0.140 e. The Morgan fingerprint density at radius 3 is 2.05 bits per heavy atom. The monoisotopic (exact) mass is 276 g/mol. The minimum absolute atomic E-state index is 0.0124. The highest BCUT2D eigenvalue weighted by atomic mass is 16.3. The second-order valence-corrected chi connectivity index (χ2v) is 5.39. The summed E-state index contributed by atoms with van der Waals surface area (Å²) in [4.78, 5) is 22.6. The minimum Gasteiger partial charge on any atom is -0.508 e. The van der Waals surface area contributed by atoms with Gasteiger partial charge in [-0.05, 0) is 50.8 Å². The molecule has 1 aromatic rings. The maximum atomic E-state index is 11.3. The number of aryl methyl sites for hydroxylation is 1. The summed E-state index contributed by atoms with van der Waals surface area (Å²) in [7, 11) is 0. The lowest BCUT2D eigenvalue weighted by Gasteiger charge is -2.09. The van der Waals surface area contributed by atoms with E-state index >= 15 is 0 Å². The predicted molar refractivity (Wildman–Crippen MR) is 79.7 cm³/mol. The van der Waals surface area contributed by atoms with Gasteiger partial charge in [0.15, 0.2) is 0 Å². The molecule has 0 atom stereocenters. The van der Waals surface area contributed by atoms with Crippen molar-refractivity contribution in [1.29, 1.82) is 0 Å². The molecule has 1 rings (SSSR count). The Balaban J connectivity index is 2.14. The highest BCUT2D eigenvalue weighted by molar-refractivity contribution is 6.00. The van der Waals surface area contributed by atoms with E-state index in [4.69, 9.17) is 0 Å². The lowest BCUT2D eigenvalue weighted by Crippen LogP contribution is -2.19. The summed E-state index contributed by atoms with van der Waals surface area (Å²) in [6.07, 6.45) is 5.86. The molecule has 0 spiro atoms. The summed E-state index contributed by atoms with van der Waals surface area (Å²) >= 11 is 0. The van der Waals surface area contributed by atoms with Gasteiger partial charge in [-0.15, -0.1) is 0 Å². The van der Waals surface area contributed by atoms with Gasteiger partial charge in [-0.25, -0.2) is 0 Å². The van der Waals surface area contributed by atoms with Crippen LogP contribution >= 0.6 is 0 Å². The molecule has 0 radical (unpaired) electrons. The SMILES string of the molecule is CC(=O)C(CCCCCCc1ccc(O)cc1)C(C)=O. The van der Waals surface area contributed by atoms with Crippen molar-refractivity contribution in [3.63, 3.8) is 0 Å². The zero-order valence-corrected chi connectivity index (χ0v) is 12.4. The van der Waals surface area contributed by atoms with Gasteiger partial charge in [0, 0.05) is 0 Å². The molecule has 0 fully saturated rings. The number of rotatable bonds is 9. The van der Waals surface area contributed by atoms with E-state index in [0.29, 0.717) is 12.2 Å². The molecule has 0 amide bonds. The van der Waals surface area contributed by atoms with E-state index in [9.17, 15) is 14.7 Å². The molecule has 3 nitrogen and oxygen atoms in total. The summed E-state index contributed by atoms with van der Waals surface area (Å²) in [5.74, 6) is -0.122. The predicted octanol–water partition coefficient (Wildman–Crippen LogP) is 3.68. The molecule has 0 heterocycles. The number of hydrogen-bond donors (Lipinski definition) is 1. The van der Waals surface area contributed by atoms with Gasteiger partial charge in [-0.1, -0.05) is 31.4 Å². The number of carbonyl (C=O) groups excluding carboxylic acids is 2. The molecule has 0 saturated carbocycles. The Bertz CT molecular complexity index is 420. The summed E-state index contributed by atoms with van der Waals surface area (Å²) < 4.78 is 0. The number of phenols is 1. The highest BCUT2D eigenvalue weighted by Crippen LogP contribution is 2.15.